The van der Waals surface area contributed by atoms with Crippen molar-refractivity contribution in [1.29, 1.82) is 0 Å². The number of β-lactam (4-membered cyclic amide) rings is 1. The third kappa shape index (κ3) is 1.78. The second-order valence-corrected chi connectivity index (χ2v) is 3.63. The molecule has 2 rings (SSSR count). The van der Waals surface area contributed by atoms with Crippen molar-refractivity contribution in [2.75, 3.05) is 6.61 Å². The van der Waals surface area contributed by atoms with Gasteiger partial charge in [0.15, 0.2) is 0 Å². The van der Waals surface area contributed by atoms with Crippen LogP contribution in [0.15, 0.2) is 30.3 Å². The maximum absolute atomic E-state index is 11.5. The predicted octanol–water partition coefficient (Wildman–Crippen LogP) is 0.832. The van der Waals surface area contributed by atoms with Gasteiger partial charge in [-0.15, -0.1) is 0 Å². The minimum Gasteiger partial charge on any atom is -0.464 e. The minimum atomic E-state index is -0.533. The quantitative estimate of drug-likeness (QED) is 0.605. The van der Waals surface area contributed by atoms with E-state index in [9.17, 15) is 9.59 Å². The fourth-order valence-electron chi connectivity index (χ4n) is 1.81. The topological polar surface area (TPSA) is 55.4 Å². The largest absolute Gasteiger partial charge is 0.464 e. The van der Waals surface area contributed by atoms with E-state index in [1.807, 2.05) is 30.3 Å². The van der Waals surface area contributed by atoms with Gasteiger partial charge in [-0.05, 0) is 12.5 Å². The van der Waals surface area contributed by atoms with Crippen LogP contribution >= 0.6 is 0 Å². The first-order valence-electron chi connectivity index (χ1n) is 5.26. The number of benzene rings is 1. The molecule has 0 bridgehead atoms. The average Bonchev–Trinajstić information content (AvgIpc) is 2.27. The molecular formula is C12H13NO3. The molecule has 1 aromatic rings. The van der Waals surface area contributed by atoms with Crippen molar-refractivity contribution in [3.05, 3.63) is 35.9 Å². The van der Waals surface area contributed by atoms with E-state index in [0.29, 0.717) is 6.61 Å². The van der Waals surface area contributed by atoms with Crippen molar-refractivity contribution in [1.82, 2.24) is 5.32 Å². The van der Waals surface area contributed by atoms with Crippen LogP contribution in [0.2, 0.25) is 0 Å². The Labute approximate surface area is 93.6 Å². The Morgan fingerprint density at radius 1 is 1.38 bits per heavy atom. The molecule has 16 heavy (non-hydrogen) atoms. The molecule has 0 unspecified atom stereocenters. The molecule has 4 heteroatoms. The minimum absolute atomic E-state index is 0.121. The van der Waals surface area contributed by atoms with E-state index in [-0.39, 0.29) is 11.9 Å². The van der Waals surface area contributed by atoms with Crippen molar-refractivity contribution in [3.63, 3.8) is 0 Å². The zero-order valence-corrected chi connectivity index (χ0v) is 8.97. The number of rotatable bonds is 3. The number of hydrogen-bond acceptors (Lipinski definition) is 3. The maximum atomic E-state index is 11.5. The van der Waals surface area contributed by atoms with Gasteiger partial charge in [0.2, 0.25) is 5.91 Å². The lowest BCUT2D eigenvalue weighted by Gasteiger charge is -2.34. The summed E-state index contributed by atoms with van der Waals surface area (Å²) >= 11 is 0. The zero-order chi connectivity index (χ0) is 11.5. The molecule has 1 aliphatic rings. The highest BCUT2D eigenvalue weighted by Gasteiger charge is 2.45. The first-order chi connectivity index (χ1) is 7.74. The molecule has 0 aliphatic carbocycles. The van der Waals surface area contributed by atoms with E-state index < -0.39 is 12.0 Å². The molecule has 2 atom stereocenters. The van der Waals surface area contributed by atoms with E-state index in [2.05, 4.69) is 5.32 Å². The lowest BCUT2D eigenvalue weighted by molar-refractivity contribution is -0.154. The fraction of sp³-hybridized carbons (Fsp3) is 0.333. The third-order valence-corrected chi connectivity index (χ3v) is 2.61. The summed E-state index contributed by atoms with van der Waals surface area (Å²) in [5.41, 5.74) is 0.851. The lowest BCUT2D eigenvalue weighted by Crippen LogP contribution is -2.60. The van der Waals surface area contributed by atoms with Gasteiger partial charge in [0.25, 0.3) is 0 Å². The van der Waals surface area contributed by atoms with Crippen LogP contribution in [-0.4, -0.2) is 24.5 Å². The van der Waals surface area contributed by atoms with Gasteiger partial charge in [-0.25, -0.2) is 4.79 Å². The average molecular weight is 219 g/mol. The Morgan fingerprint density at radius 3 is 2.62 bits per heavy atom. The van der Waals surface area contributed by atoms with Crippen molar-refractivity contribution < 1.29 is 14.3 Å². The number of esters is 1. The molecule has 1 aromatic carbocycles. The molecule has 0 radical (unpaired) electrons. The molecule has 0 spiro atoms. The van der Waals surface area contributed by atoms with E-state index in [1.165, 1.54) is 0 Å². The van der Waals surface area contributed by atoms with Gasteiger partial charge >= 0.3 is 5.97 Å². The lowest BCUT2D eigenvalue weighted by atomic mass is 9.84. The monoisotopic (exact) mass is 219 g/mol. The second-order valence-electron chi connectivity index (χ2n) is 3.63. The zero-order valence-electron chi connectivity index (χ0n) is 8.97. The maximum Gasteiger partial charge on any atom is 0.329 e. The predicted molar refractivity (Wildman–Crippen MR) is 57.7 cm³/mol. The van der Waals surface area contributed by atoms with Gasteiger partial charge in [-0.3, -0.25) is 4.79 Å². The van der Waals surface area contributed by atoms with Gasteiger partial charge < -0.3 is 10.1 Å². The Bertz CT molecular complexity index is 402. The molecular weight excluding hydrogens is 206 g/mol. The highest BCUT2D eigenvalue weighted by molar-refractivity contribution is 6.00. The van der Waals surface area contributed by atoms with Gasteiger partial charge in [-0.2, -0.15) is 0 Å². The van der Waals surface area contributed by atoms with Crippen LogP contribution in [0, 0.1) is 0 Å². The van der Waals surface area contributed by atoms with Crippen LogP contribution in [0.1, 0.15) is 18.4 Å². The molecule has 1 saturated heterocycles. The first-order valence-corrected chi connectivity index (χ1v) is 5.26. The second kappa shape index (κ2) is 4.35. The summed E-state index contributed by atoms with van der Waals surface area (Å²) in [6.45, 7) is 2.07. The number of ether oxygens (including phenoxy) is 1. The molecule has 1 N–H and O–H groups in total. The SMILES string of the molecule is CCOC(=O)[C@H]1NC(=O)[C@@H]1c1ccccc1. The Morgan fingerprint density at radius 2 is 2.06 bits per heavy atom. The van der Waals surface area contributed by atoms with E-state index in [0.717, 1.165) is 5.56 Å². The Kier molecular flexibility index (Phi) is 2.90. The molecule has 1 fully saturated rings. The molecule has 1 amide bonds. The normalized spacial score (nSPS) is 23.2. The van der Waals surface area contributed by atoms with Crippen LogP contribution in [0.3, 0.4) is 0 Å². The standard InChI is InChI=1S/C12H13NO3/c1-2-16-12(15)10-9(11(14)13-10)8-6-4-3-5-7-8/h3-7,9-10H,2H2,1H3,(H,13,14)/t9-,10+/m1/s1. The van der Waals surface area contributed by atoms with Crippen molar-refractivity contribution in [2.45, 2.75) is 18.9 Å². The van der Waals surface area contributed by atoms with E-state index in [4.69, 9.17) is 4.74 Å². The van der Waals surface area contributed by atoms with Gasteiger partial charge in [0.05, 0.1) is 12.5 Å². The number of carbonyl (C=O) groups is 2. The molecule has 1 aliphatic heterocycles. The van der Waals surface area contributed by atoms with Gasteiger partial charge in [-0.1, -0.05) is 30.3 Å². The summed E-state index contributed by atoms with van der Waals surface area (Å²) in [6.07, 6.45) is 0. The number of carbonyl (C=O) groups excluding carboxylic acids is 2. The molecule has 0 saturated carbocycles. The first kappa shape index (κ1) is 10.7. The van der Waals surface area contributed by atoms with Crippen LogP contribution in [-0.2, 0) is 14.3 Å². The summed E-state index contributed by atoms with van der Waals surface area (Å²) in [5.74, 6) is -0.888. The smallest absolute Gasteiger partial charge is 0.329 e. The van der Waals surface area contributed by atoms with Gasteiger partial charge in [0, 0.05) is 0 Å². The molecule has 1 heterocycles. The van der Waals surface area contributed by atoms with Crippen molar-refractivity contribution in [3.8, 4) is 0 Å². The van der Waals surface area contributed by atoms with Gasteiger partial charge in [0.1, 0.15) is 6.04 Å². The Balaban J connectivity index is 2.14. The van der Waals surface area contributed by atoms with Crippen molar-refractivity contribution >= 4 is 11.9 Å². The van der Waals surface area contributed by atoms with Crippen LogP contribution in [0.5, 0.6) is 0 Å². The number of hydrogen-bond donors (Lipinski definition) is 1. The van der Waals surface area contributed by atoms with E-state index >= 15 is 0 Å². The summed E-state index contributed by atoms with van der Waals surface area (Å²) < 4.78 is 4.89. The fourth-order valence-corrected chi connectivity index (χ4v) is 1.81. The highest BCUT2D eigenvalue weighted by Crippen LogP contribution is 2.27. The van der Waals surface area contributed by atoms with E-state index in [1.54, 1.807) is 6.92 Å². The summed E-state index contributed by atoms with van der Waals surface area (Å²) in [4.78, 5) is 22.9. The summed E-state index contributed by atoms with van der Waals surface area (Å²) in [7, 11) is 0. The molecule has 0 aromatic heterocycles. The van der Waals surface area contributed by atoms with Crippen LogP contribution in [0.25, 0.3) is 0 Å². The highest BCUT2D eigenvalue weighted by atomic mass is 16.5. The molecule has 4 nitrogen and oxygen atoms in total. The molecule has 84 valence electrons. The Hall–Kier alpha value is -1.84. The van der Waals surface area contributed by atoms with Crippen LogP contribution < -0.4 is 5.32 Å². The summed E-state index contributed by atoms with van der Waals surface area (Å²) in [6, 6.07) is 8.73. The van der Waals surface area contributed by atoms with Crippen molar-refractivity contribution in [2.24, 2.45) is 0 Å². The number of nitrogens with one attached hydrogen (secondary N) is 1. The van der Waals surface area contributed by atoms with Crippen LogP contribution in [0.4, 0.5) is 0 Å². The number of amides is 1. The summed E-state index contributed by atoms with van der Waals surface area (Å²) in [5, 5.41) is 2.56. The third-order valence-electron chi connectivity index (χ3n) is 2.61.